The molecule has 0 spiro atoms. The Morgan fingerprint density at radius 1 is 1.22 bits per heavy atom. The third kappa shape index (κ3) is 5.13. The molecule has 2 aromatic carbocycles. The molecule has 0 bridgehead atoms. The summed E-state index contributed by atoms with van der Waals surface area (Å²) in [6.07, 6.45) is 1.55. The van der Waals surface area contributed by atoms with E-state index in [1.807, 2.05) is 42.5 Å². The highest BCUT2D eigenvalue weighted by molar-refractivity contribution is 14.1. The molecule has 7 heteroatoms. The highest BCUT2D eigenvalue weighted by Gasteiger charge is 2.11. The summed E-state index contributed by atoms with van der Waals surface area (Å²) in [5.74, 6) is 1.22. The second-order valence-electron chi connectivity index (χ2n) is 4.58. The summed E-state index contributed by atoms with van der Waals surface area (Å²) < 4.78 is 12.2. The van der Waals surface area contributed by atoms with E-state index < -0.39 is 0 Å². The molecule has 0 aromatic heterocycles. The Morgan fingerprint density at radius 2 is 1.96 bits per heavy atom. The predicted molar refractivity (Wildman–Crippen MR) is 99.9 cm³/mol. The van der Waals surface area contributed by atoms with E-state index in [-0.39, 0.29) is 5.96 Å². The lowest BCUT2D eigenvalue weighted by atomic mass is 10.2. The van der Waals surface area contributed by atoms with Gasteiger partial charge in [-0.15, -0.1) is 5.10 Å². The van der Waals surface area contributed by atoms with Gasteiger partial charge in [0.15, 0.2) is 11.5 Å². The van der Waals surface area contributed by atoms with Gasteiger partial charge in [-0.2, -0.15) is 5.10 Å². The summed E-state index contributed by atoms with van der Waals surface area (Å²) in [6.45, 7) is 0.467. The van der Waals surface area contributed by atoms with Gasteiger partial charge < -0.3 is 20.9 Å². The Hall–Kier alpha value is -2.29. The number of methoxy groups -OCH3 is 1. The van der Waals surface area contributed by atoms with Gasteiger partial charge in [-0.3, -0.25) is 0 Å². The minimum atomic E-state index is -0.0919. The summed E-state index contributed by atoms with van der Waals surface area (Å²) in [7, 11) is 1.59. The molecule has 0 heterocycles. The first-order valence-electron chi connectivity index (χ1n) is 6.76. The van der Waals surface area contributed by atoms with Crippen LogP contribution >= 0.6 is 22.6 Å². The minimum absolute atomic E-state index is 0.0919. The largest absolute Gasteiger partial charge is 0.493 e. The molecular weight excluding hydrogens is 407 g/mol. The van der Waals surface area contributed by atoms with Crippen molar-refractivity contribution >= 4 is 34.8 Å². The lowest BCUT2D eigenvalue weighted by Gasteiger charge is -2.13. The van der Waals surface area contributed by atoms with Crippen LogP contribution < -0.4 is 20.9 Å². The highest BCUT2D eigenvalue weighted by atomic mass is 127. The van der Waals surface area contributed by atoms with E-state index in [2.05, 4.69) is 32.8 Å². The molecule has 6 nitrogen and oxygen atoms in total. The number of benzene rings is 2. The minimum Gasteiger partial charge on any atom is -0.493 e. The van der Waals surface area contributed by atoms with Gasteiger partial charge in [0.1, 0.15) is 6.61 Å². The molecule has 2 aromatic rings. The number of hydrogen-bond acceptors (Lipinski definition) is 4. The summed E-state index contributed by atoms with van der Waals surface area (Å²) in [5.41, 5.74) is 12.4. The van der Waals surface area contributed by atoms with Crippen molar-refractivity contribution in [2.24, 2.45) is 21.7 Å². The normalized spacial score (nSPS) is 10.5. The maximum Gasteiger partial charge on any atom is 0.211 e. The Labute approximate surface area is 148 Å². The van der Waals surface area contributed by atoms with E-state index in [4.69, 9.17) is 20.9 Å². The lowest BCUT2D eigenvalue weighted by Crippen LogP contribution is -2.21. The molecule has 0 unspecified atom stereocenters. The van der Waals surface area contributed by atoms with Gasteiger partial charge in [-0.1, -0.05) is 30.3 Å². The topological polar surface area (TPSA) is 95.2 Å². The Bertz CT molecular complexity index is 714. The quantitative estimate of drug-likeness (QED) is 0.323. The molecule has 0 atom stereocenters. The van der Waals surface area contributed by atoms with Crippen LogP contribution in [0.1, 0.15) is 11.1 Å². The summed E-state index contributed by atoms with van der Waals surface area (Å²) in [6, 6.07) is 13.7. The van der Waals surface area contributed by atoms with E-state index in [9.17, 15) is 0 Å². The Kier molecular flexibility index (Phi) is 6.21. The van der Waals surface area contributed by atoms with Crippen LogP contribution in [0.2, 0.25) is 0 Å². The van der Waals surface area contributed by atoms with Crippen LogP contribution in [-0.2, 0) is 6.61 Å². The van der Waals surface area contributed by atoms with E-state index in [0.717, 1.165) is 14.7 Å². The van der Waals surface area contributed by atoms with Gasteiger partial charge in [0.25, 0.3) is 0 Å². The van der Waals surface area contributed by atoms with E-state index in [1.54, 1.807) is 13.3 Å². The van der Waals surface area contributed by atoms with Gasteiger partial charge in [-0.25, -0.2) is 0 Å². The monoisotopic (exact) mass is 424 g/mol. The zero-order valence-electron chi connectivity index (χ0n) is 12.6. The van der Waals surface area contributed by atoms with Gasteiger partial charge in [-0.05, 0) is 45.9 Å². The Balaban J connectivity index is 2.20. The van der Waals surface area contributed by atoms with Crippen molar-refractivity contribution in [3.63, 3.8) is 0 Å². The van der Waals surface area contributed by atoms with Crippen molar-refractivity contribution < 1.29 is 9.47 Å². The average Bonchev–Trinajstić information content (AvgIpc) is 2.54. The highest BCUT2D eigenvalue weighted by Crippen LogP contribution is 2.34. The molecule has 0 amide bonds. The zero-order chi connectivity index (χ0) is 16.7. The van der Waals surface area contributed by atoms with Crippen LogP contribution in [-0.4, -0.2) is 19.3 Å². The smallest absolute Gasteiger partial charge is 0.211 e. The maximum absolute atomic E-state index is 5.90. The number of nitrogens with zero attached hydrogens (tertiary/aromatic N) is 2. The van der Waals surface area contributed by atoms with Crippen molar-refractivity contribution in [1.29, 1.82) is 0 Å². The number of halogens is 1. The third-order valence-corrected chi connectivity index (χ3v) is 3.66. The molecule has 0 saturated carbocycles. The second kappa shape index (κ2) is 8.37. The standard InChI is InChI=1S/C16H17IN4O2/c1-22-14-8-12(9-20-21-16(18)19)7-13(17)15(14)23-10-11-5-3-2-4-6-11/h2-9H,10H2,1H3,(H4,18,19,21). The maximum atomic E-state index is 5.90. The fraction of sp³-hybridized carbons (Fsp3) is 0.125. The molecule has 23 heavy (non-hydrogen) atoms. The molecule has 0 aliphatic rings. The number of ether oxygens (including phenoxy) is 2. The molecule has 0 saturated heterocycles. The van der Waals surface area contributed by atoms with Gasteiger partial charge in [0.05, 0.1) is 16.9 Å². The lowest BCUT2D eigenvalue weighted by molar-refractivity contribution is 0.282. The number of guanidine groups is 1. The van der Waals surface area contributed by atoms with Crippen molar-refractivity contribution in [3.8, 4) is 11.5 Å². The third-order valence-electron chi connectivity index (χ3n) is 2.86. The van der Waals surface area contributed by atoms with Crippen molar-refractivity contribution in [2.75, 3.05) is 7.11 Å². The van der Waals surface area contributed by atoms with Crippen molar-refractivity contribution in [2.45, 2.75) is 6.61 Å². The molecule has 0 fully saturated rings. The molecule has 4 N–H and O–H groups in total. The van der Waals surface area contributed by atoms with E-state index >= 15 is 0 Å². The first-order valence-corrected chi connectivity index (χ1v) is 7.84. The van der Waals surface area contributed by atoms with Crippen LogP contribution in [0.5, 0.6) is 11.5 Å². The van der Waals surface area contributed by atoms with E-state index in [1.165, 1.54) is 0 Å². The predicted octanol–water partition coefficient (Wildman–Crippen LogP) is 2.49. The van der Waals surface area contributed by atoms with Crippen LogP contribution in [0.4, 0.5) is 0 Å². The van der Waals surface area contributed by atoms with Gasteiger partial charge in [0.2, 0.25) is 5.96 Å². The van der Waals surface area contributed by atoms with Gasteiger partial charge in [0, 0.05) is 0 Å². The van der Waals surface area contributed by atoms with Crippen LogP contribution in [0, 0.1) is 3.57 Å². The SMILES string of the molecule is COc1cc(C=NN=C(N)N)cc(I)c1OCc1ccccc1. The zero-order valence-corrected chi connectivity index (χ0v) is 14.7. The molecule has 2 rings (SSSR count). The molecule has 0 aliphatic carbocycles. The van der Waals surface area contributed by atoms with Crippen molar-refractivity contribution in [1.82, 2.24) is 0 Å². The number of hydrogen-bond donors (Lipinski definition) is 2. The summed E-state index contributed by atoms with van der Waals surface area (Å²) in [4.78, 5) is 0. The van der Waals surface area contributed by atoms with Crippen LogP contribution in [0.25, 0.3) is 0 Å². The molecular formula is C16H17IN4O2. The number of rotatable bonds is 6. The first-order chi connectivity index (χ1) is 11.1. The Morgan fingerprint density at radius 3 is 2.61 bits per heavy atom. The fourth-order valence-electron chi connectivity index (χ4n) is 1.85. The van der Waals surface area contributed by atoms with Crippen LogP contribution in [0.3, 0.4) is 0 Å². The molecule has 0 aliphatic heterocycles. The van der Waals surface area contributed by atoms with E-state index in [0.29, 0.717) is 18.1 Å². The molecule has 0 radical (unpaired) electrons. The number of nitrogens with two attached hydrogens (primary N) is 2. The average molecular weight is 424 g/mol. The van der Waals surface area contributed by atoms with Crippen molar-refractivity contribution in [3.05, 3.63) is 57.2 Å². The molecule has 120 valence electrons. The first kappa shape index (κ1) is 17.1. The van der Waals surface area contributed by atoms with Crippen LogP contribution in [0.15, 0.2) is 52.7 Å². The summed E-state index contributed by atoms with van der Waals surface area (Å²) >= 11 is 2.19. The second-order valence-corrected chi connectivity index (χ2v) is 5.74. The van der Waals surface area contributed by atoms with Gasteiger partial charge >= 0.3 is 0 Å². The summed E-state index contributed by atoms with van der Waals surface area (Å²) in [5, 5.41) is 7.36. The fourth-order valence-corrected chi connectivity index (χ4v) is 2.63.